The van der Waals surface area contributed by atoms with E-state index in [1.165, 1.54) is 0 Å². The van der Waals surface area contributed by atoms with Crippen LogP contribution >= 0.6 is 15.9 Å². The average molecular weight is 344 g/mol. The van der Waals surface area contributed by atoms with Crippen molar-refractivity contribution < 1.29 is 14.3 Å². The normalized spacial score (nSPS) is 13.7. The Morgan fingerprint density at radius 3 is 2.65 bits per heavy atom. The summed E-state index contributed by atoms with van der Waals surface area (Å²) in [7, 11) is 0. The number of rotatable bonds is 7. The third-order valence-electron chi connectivity index (χ3n) is 2.87. The SMILES string of the molecule is CCNC(C)c1ccc(Br)cc1OC(C)C(=O)OCC. The van der Waals surface area contributed by atoms with Gasteiger partial charge in [-0.15, -0.1) is 0 Å². The molecule has 0 radical (unpaired) electrons. The lowest BCUT2D eigenvalue weighted by Gasteiger charge is -2.20. The zero-order valence-corrected chi connectivity index (χ0v) is 14.0. The Balaban J connectivity index is 2.92. The van der Waals surface area contributed by atoms with Crippen molar-refractivity contribution in [1.29, 1.82) is 0 Å². The van der Waals surface area contributed by atoms with Gasteiger partial charge in [0.15, 0.2) is 6.10 Å². The molecule has 0 aromatic heterocycles. The monoisotopic (exact) mass is 343 g/mol. The van der Waals surface area contributed by atoms with E-state index in [9.17, 15) is 4.79 Å². The summed E-state index contributed by atoms with van der Waals surface area (Å²) >= 11 is 3.43. The molecule has 0 fully saturated rings. The highest BCUT2D eigenvalue weighted by Crippen LogP contribution is 2.29. The van der Waals surface area contributed by atoms with Crippen LogP contribution < -0.4 is 10.1 Å². The molecule has 1 N–H and O–H groups in total. The van der Waals surface area contributed by atoms with Gasteiger partial charge in [0, 0.05) is 16.1 Å². The number of nitrogens with one attached hydrogen (secondary N) is 1. The Kier molecular flexibility index (Phi) is 7.02. The minimum Gasteiger partial charge on any atom is -0.479 e. The van der Waals surface area contributed by atoms with Crippen molar-refractivity contribution in [2.24, 2.45) is 0 Å². The van der Waals surface area contributed by atoms with E-state index in [1.807, 2.05) is 18.2 Å². The lowest BCUT2D eigenvalue weighted by atomic mass is 10.1. The number of benzene rings is 1. The highest BCUT2D eigenvalue weighted by Gasteiger charge is 2.19. The van der Waals surface area contributed by atoms with Crippen LogP contribution in [0.3, 0.4) is 0 Å². The van der Waals surface area contributed by atoms with E-state index < -0.39 is 6.10 Å². The number of halogens is 1. The summed E-state index contributed by atoms with van der Waals surface area (Å²) in [4.78, 5) is 11.7. The van der Waals surface area contributed by atoms with Gasteiger partial charge in [-0.25, -0.2) is 4.79 Å². The van der Waals surface area contributed by atoms with Crippen LogP contribution in [0.5, 0.6) is 5.75 Å². The molecule has 1 aromatic carbocycles. The predicted molar refractivity (Wildman–Crippen MR) is 83.0 cm³/mol. The van der Waals surface area contributed by atoms with Gasteiger partial charge in [0.05, 0.1) is 6.61 Å². The first-order valence-electron chi connectivity index (χ1n) is 6.85. The van der Waals surface area contributed by atoms with E-state index in [0.29, 0.717) is 12.4 Å². The van der Waals surface area contributed by atoms with Gasteiger partial charge < -0.3 is 14.8 Å². The fourth-order valence-corrected chi connectivity index (χ4v) is 2.22. The van der Waals surface area contributed by atoms with Crippen LogP contribution in [0.4, 0.5) is 0 Å². The zero-order valence-electron chi connectivity index (χ0n) is 12.4. The van der Waals surface area contributed by atoms with E-state index in [0.717, 1.165) is 16.6 Å². The molecule has 0 heterocycles. The number of hydrogen-bond donors (Lipinski definition) is 1. The van der Waals surface area contributed by atoms with Crippen LogP contribution in [0.15, 0.2) is 22.7 Å². The van der Waals surface area contributed by atoms with Gasteiger partial charge in [0.1, 0.15) is 5.75 Å². The highest BCUT2D eigenvalue weighted by atomic mass is 79.9. The summed E-state index contributed by atoms with van der Waals surface area (Å²) in [5.41, 5.74) is 1.02. The summed E-state index contributed by atoms with van der Waals surface area (Å²) in [6.07, 6.45) is -0.628. The number of hydrogen-bond acceptors (Lipinski definition) is 4. The fraction of sp³-hybridized carbons (Fsp3) is 0.533. The number of ether oxygens (including phenoxy) is 2. The second-order valence-corrected chi connectivity index (χ2v) is 5.39. The molecule has 4 nitrogen and oxygen atoms in total. The summed E-state index contributed by atoms with van der Waals surface area (Å²) in [6, 6.07) is 5.98. The number of carbonyl (C=O) groups excluding carboxylic acids is 1. The van der Waals surface area contributed by atoms with Crippen LogP contribution in [0.1, 0.15) is 39.3 Å². The maximum Gasteiger partial charge on any atom is 0.347 e. The first-order valence-corrected chi connectivity index (χ1v) is 7.65. The highest BCUT2D eigenvalue weighted by molar-refractivity contribution is 9.10. The molecular formula is C15H22BrNO3. The first kappa shape index (κ1) is 17.0. The van der Waals surface area contributed by atoms with Crippen molar-refractivity contribution in [3.63, 3.8) is 0 Å². The molecule has 0 saturated carbocycles. The van der Waals surface area contributed by atoms with E-state index >= 15 is 0 Å². The van der Waals surface area contributed by atoms with Crippen molar-refractivity contribution in [3.8, 4) is 5.75 Å². The summed E-state index contributed by atoms with van der Waals surface area (Å²) in [5, 5.41) is 3.34. The molecule has 1 aromatic rings. The molecule has 0 aliphatic carbocycles. The first-order chi connectivity index (χ1) is 9.49. The Labute approximate surface area is 129 Å². The third kappa shape index (κ3) is 4.80. The molecule has 0 aliphatic rings. The van der Waals surface area contributed by atoms with Crippen molar-refractivity contribution >= 4 is 21.9 Å². The quantitative estimate of drug-likeness (QED) is 0.770. The van der Waals surface area contributed by atoms with Crippen molar-refractivity contribution in [3.05, 3.63) is 28.2 Å². The maximum atomic E-state index is 11.7. The molecule has 2 atom stereocenters. The molecular weight excluding hydrogens is 322 g/mol. The number of carbonyl (C=O) groups is 1. The maximum absolute atomic E-state index is 11.7. The van der Waals surface area contributed by atoms with Crippen LogP contribution in [0, 0.1) is 0 Å². The summed E-state index contributed by atoms with van der Waals surface area (Å²) < 4.78 is 11.6. The molecule has 1 rings (SSSR count). The molecule has 0 spiro atoms. The van der Waals surface area contributed by atoms with Crippen LogP contribution in [-0.2, 0) is 9.53 Å². The standard InChI is InChI=1S/C15H22BrNO3/c1-5-17-10(3)13-8-7-12(16)9-14(13)20-11(4)15(18)19-6-2/h7-11,17H,5-6H2,1-4H3. The van der Waals surface area contributed by atoms with Gasteiger partial charge in [-0.2, -0.15) is 0 Å². The summed E-state index contributed by atoms with van der Waals surface area (Å²) in [6.45, 7) is 8.81. The molecule has 20 heavy (non-hydrogen) atoms. The average Bonchev–Trinajstić information content (AvgIpc) is 2.39. The second-order valence-electron chi connectivity index (χ2n) is 4.47. The fourth-order valence-electron chi connectivity index (χ4n) is 1.88. The van der Waals surface area contributed by atoms with Crippen molar-refractivity contribution in [1.82, 2.24) is 5.32 Å². The minimum absolute atomic E-state index is 0.150. The molecule has 112 valence electrons. The van der Waals surface area contributed by atoms with Gasteiger partial charge >= 0.3 is 5.97 Å². The number of esters is 1. The van der Waals surface area contributed by atoms with Crippen LogP contribution in [-0.4, -0.2) is 25.2 Å². The second kappa shape index (κ2) is 8.27. The van der Waals surface area contributed by atoms with E-state index in [2.05, 4.69) is 35.1 Å². The van der Waals surface area contributed by atoms with E-state index in [-0.39, 0.29) is 12.0 Å². The van der Waals surface area contributed by atoms with Crippen molar-refractivity contribution in [2.75, 3.05) is 13.2 Å². The lowest BCUT2D eigenvalue weighted by molar-refractivity contribution is -0.150. The topological polar surface area (TPSA) is 47.6 Å². The predicted octanol–water partition coefficient (Wildman–Crippen LogP) is 3.45. The lowest BCUT2D eigenvalue weighted by Crippen LogP contribution is -2.27. The Hall–Kier alpha value is -1.07. The van der Waals surface area contributed by atoms with Crippen LogP contribution in [0.25, 0.3) is 0 Å². The third-order valence-corrected chi connectivity index (χ3v) is 3.37. The van der Waals surface area contributed by atoms with Gasteiger partial charge in [-0.05, 0) is 39.4 Å². The van der Waals surface area contributed by atoms with E-state index in [4.69, 9.17) is 9.47 Å². The Morgan fingerprint density at radius 2 is 2.05 bits per heavy atom. The van der Waals surface area contributed by atoms with Crippen LogP contribution in [0.2, 0.25) is 0 Å². The molecule has 0 aliphatic heterocycles. The molecule has 0 saturated heterocycles. The zero-order chi connectivity index (χ0) is 15.1. The largest absolute Gasteiger partial charge is 0.479 e. The van der Waals surface area contributed by atoms with Gasteiger partial charge in [-0.3, -0.25) is 0 Å². The van der Waals surface area contributed by atoms with Gasteiger partial charge in [-0.1, -0.05) is 28.9 Å². The Morgan fingerprint density at radius 1 is 1.35 bits per heavy atom. The Bertz CT molecular complexity index is 451. The molecule has 0 amide bonds. The van der Waals surface area contributed by atoms with Crippen molar-refractivity contribution in [2.45, 2.75) is 39.8 Å². The molecule has 0 bridgehead atoms. The molecule has 2 unspecified atom stereocenters. The van der Waals surface area contributed by atoms with E-state index in [1.54, 1.807) is 13.8 Å². The minimum atomic E-state index is -0.628. The smallest absolute Gasteiger partial charge is 0.347 e. The molecule has 5 heteroatoms. The van der Waals surface area contributed by atoms with Gasteiger partial charge in [0.25, 0.3) is 0 Å². The summed E-state index contributed by atoms with van der Waals surface area (Å²) in [5.74, 6) is 0.336. The van der Waals surface area contributed by atoms with Gasteiger partial charge in [0.2, 0.25) is 0 Å².